The van der Waals surface area contributed by atoms with E-state index in [2.05, 4.69) is 5.32 Å². The van der Waals surface area contributed by atoms with Crippen LogP contribution in [0.4, 0.5) is 5.69 Å². The molecule has 0 atom stereocenters. The van der Waals surface area contributed by atoms with Crippen LogP contribution in [0.1, 0.15) is 36.6 Å². The Kier molecular flexibility index (Phi) is 8.29. The number of amides is 1. The van der Waals surface area contributed by atoms with Crippen LogP contribution in [0.15, 0.2) is 60.7 Å². The van der Waals surface area contributed by atoms with Crippen molar-refractivity contribution in [3.63, 3.8) is 0 Å². The van der Waals surface area contributed by atoms with Gasteiger partial charge in [0.1, 0.15) is 23.9 Å². The molecule has 0 aliphatic carbocycles. The summed E-state index contributed by atoms with van der Waals surface area (Å²) in [5, 5.41) is 2.70. The summed E-state index contributed by atoms with van der Waals surface area (Å²) in [5.74, 6) is 0.0120. The van der Waals surface area contributed by atoms with Crippen molar-refractivity contribution >= 4 is 23.5 Å². The molecule has 3 aromatic carbocycles. The second-order valence-electron chi connectivity index (χ2n) is 7.23. The minimum Gasteiger partial charge on any atom is -0.497 e. The van der Waals surface area contributed by atoms with E-state index in [1.165, 1.54) is 39.5 Å². The minimum atomic E-state index is -0.660. The molecular formula is C26H25NO8. The van der Waals surface area contributed by atoms with Crippen molar-refractivity contribution in [1.29, 1.82) is 0 Å². The molecule has 0 unspecified atom stereocenters. The second kappa shape index (κ2) is 11.6. The summed E-state index contributed by atoms with van der Waals surface area (Å²) in [6.07, 6.45) is 0. The van der Waals surface area contributed by atoms with Crippen LogP contribution in [0, 0.1) is 0 Å². The predicted octanol–water partition coefficient (Wildman–Crippen LogP) is 4.11. The molecule has 1 N–H and O–H groups in total. The Morgan fingerprint density at radius 2 is 1.37 bits per heavy atom. The summed E-state index contributed by atoms with van der Waals surface area (Å²) in [6.45, 7) is 0.141. The van der Waals surface area contributed by atoms with Gasteiger partial charge in [0.05, 0.1) is 39.6 Å². The lowest BCUT2D eigenvalue weighted by Crippen LogP contribution is -2.15. The molecule has 182 valence electrons. The summed E-state index contributed by atoms with van der Waals surface area (Å²) >= 11 is 0. The predicted molar refractivity (Wildman–Crippen MR) is 127 cm³/mol. The van der Waals surface area contributed by atoms with Crippen molar-refractivity contribution < 1.29 is 38.1 Å². The third kappa shape index (κ3) is 6.29. The highest BCUT2D eigenvalue weighted by molar-refractivity contribution is 6.06. The molecule has 0 bridgehead atoms. The van der Waals surface area contributed by atoms with Gasteiger partial charge in [0, 0.05) is 22.9 Å². The van der Waals surface area contributed by atoms with Gasteiger partial charge in [-0.1, -0.05) is 6.07 Å². The number of rotatable bonds is 9. The molecule has 0 spiro atoms. The van der Waals surface area contributed by atoms with Crippen molar-refractivity contribution in [2.24, 2.45) is 0 Å². The molecule has 9 nitrogen and oxygen atoms in total. The van der Waals surface area contributed by atoms with Crippen LogP contribution in [-0.2, 0) is 16.1 Å². The largest absolute Gasteiger partial charge is 0.497 e. The molecular weight excluding hydrogens is 454 g/mol. The molecule has 1 amide bonds. The van der Waals surface area contributed by atoms with E-state index < -0.39 is 17.8 Å². The number of benzene rings is 3. The van der Waals surface area contributed by atoms with Crippen molar-refractivity contribution in [2.45, 2.75) is 6.61 Å². The number of carbonyl (C=O) groups is 3. The Hall–Kier alpha value is -4.53. The van der Waals surface area contributed by atoms with Crippen LogP contribution < -0.4 is 19.5 Å². The molecule has 35 heavy (non-hydrogen) atoms. The van der Waals surface area contributed by atoms with Gasteiger partial charge in [-0.25, -0.2) is 9.59 Å². The van der Waals surface area contributed by atoms with E-state index in [1.54, 1.807) is 49.6 Å². The number of anilines is 1. The van der Waals surface area contributed by atoms with Gasteiger partial charge in [0.25, 0.3) is 5.91 Å². The molecule has 0 saturated carbocycles. The molecule has 0 radical (unpaired) electrons. The lowest BCUT2D eigenvalue weighted by Gasteiger charge is -2.13. The maximum Gasteiger partial charge on any atom is 0.337 e. The fraction of sp³-hybridized carbons (Fsp3) is 0.192. The highest BCUT2D eigenvalue weighted by Gasteiger charge is 2.17. The maximum absolute atomic E-state index is 13.0. The van der Waals surface area contributed by atoms with Gasteiger partial charge in [-0.05, 0) is 48.5 Å². The van der Waals surface area contributed by atoms with E-state index in [-0.39, 0.29) is 23.4 Å². The Labute approximate surface area is 202 Å². The fourth-order valence-corrected chi connectivity index (χ4v) is 3.26. The number of carbonyl (C=O) groups excluding carboxylic acids is 3. The summed E-state index contributed by atoms with van der Waals surface area (Å²) in [4.78, 5) is 37.0. The Morgan fingerprint density at radius 3 is 1.97 bits per heavy atom. The lowest BCUT2D eigenvalue weighted by molar-refractivity contribution is 0.0599. The van der Waals surface area contributed by atoms with Crippen LogP contribution in [-0.4, -0.2) is 46.3 Å². The molecule has 9 heteroatoms. The van der Waals surface area contributed by atoms with E-state index >= 15 is 0 Å². The number of methoxy groups -OCH3 is 4. The van der Waals surface area contributed by atoms with Gasteiger partial charge in [-0.2, -0.15) is 0 Å². The first-order valence-electron chi connectivity index (χ1n) is 10.4. The van der Waals surface area contributed by atoms with Gasteiger partial charge >= 0.3 is 11.9 Å². The molecule has 3 aromatic rings. The summed E-state index contributed by atoms with van der Waals surface area (Å²) in [6, 6.07) is 16.2. The quantitative estimate of drug-likeness (QED) is 0.457. The molecule has 3 rings (SSSR count). The monoisotopic (exact) mass is 479 g/mol. The minimum absolute atomic E-state index is 0.0906. The summed E-state index contributed by atoms with van der Waals surface area (Å²) in [5.41, 5.74) is 1.36. The van der Waals surface area contributed by atoms with Crippen LogP contribution in [0.3, 0.4) is 0 Å². The molecule has 0 heterocycles. The average Bonchev–Trinajstić information content (AvgIpc) is 2.90. The Bertz CT molecular complexity index is 1200. The van der Waals surface area contributed by atoms with Crippen LogP contribution in [0.2, 0.25) is 0 Å². The second-order valence-corrected chi connectivity index (χ2v) is 7.23. The van der Waals surface area contributed by atoms with E-state index in [0.29, 0.717) is 28.4 Å². The first-order chi connectivity index (χ1) is 16.9. The number of nitrogens with one attached hydrogen (secondary N) is 1. The standard InChI is InChI=1S/C26H25NO8/c1-31-21-6-5-7-22(14-21)35-15-19-10-16(8-9-23(19)32-2)24(28)27-20-12-17(25(29)33-3)11-18(13-20)26(30)34-4/h5-14H,15H2,1-4H3,(H,27,28). The summed E-state index contributed by atoms with van der Waals surface area (Å²) in [7, 11) is 5.53. The van der Waals surface area contributed by atoms with Crippen LogP contribution in [0.25, 0.3) is 0 Å². The molecule has 0 aliphatic heterocycles. The number of hydrogen-bond donors (Lipinski definition) is 1. The van der Waals surface area contributed by atoms with Crippen molar-refractivity contribution in [3.8, 4) is 17.2 Å². The number of ether oxygens (including phenoxy) is 5. The number of hydrogen-bond acceptors (Lipinski definition) is 8. The Morgan fingerprint density at radius 1 is 0.714 bits per heavy atom. The molecule has 0 saturated heterocycles. The zero-order valence-corrected chi connectivity index (χ0v) is 19.7. The van der Waals surface area contributed by atoms with E-state index in [9.17, 15) is 14.4 Å². The zero-order chi connectivity index (χ0) is 25.4. The molecule has 0 aliphatic rings. The third-order valence-electron chi connectivity index (χ3n) is 5.01. The van der Waals surface area contributed by atoms with Gasteiger partial charge in [-0.15, -0.1) is 0 Å². The van der Waals surface area contributed by atoms with Gasteiger partial charge in [-0.3, -0.25) is 4.79 Å². The topological polar surface area (TPSA) is 109 Å². The number of esters is 2. The smallest absolute Gasteiger partial charge is 0.337 e. The first-order valence-corrected chi connectivity index (χ1v) is 10.4. The van der Waals surface area contributed by atoms with E-state index in [1.807, 2.05) is 0 Å². The van der Waals surface area contributed by atoms with Gasteiger partial charge in [0.2, 0.25) is 0 Å². The SMILES string of the molecule is COC(=O)c1cc(NC(=O)c2ccc(OC)c(COc3cccc(OC)c3)c2)cc(C(=O)OC)c1. The van der Waals surface area contributed by atoms with E-state index in [0.717, 1.165) is 0 Å². The van der Waals surface area contributed by atoms with Gasteiger partial charge < -0.3 is 29.0 Å². The first kappa shape index (κ1) is 25.1. The van der Waals surface area contributed by atoms with Crippen LogP contribution in [0.5, 0.6) is 17.2 Å². The average molecular weight is 479 g/mol. The fourth-order valence-electron chi connectivity index (χ4n) is 3.26. The zero-order valence-electron chi connectivity index (χ0n) is 19.7. The normalized spacial score (nSPS) is 10.2. The van der Waals surface area contributed by atoms with E-state index in [4.69, 9.17) is 23.7 Å². The highest BCUT2D eigenvalue weighted by Crippen LogP contribution is 2.25. The van der Waals surface area contributed by atoms with Crippen molar-refractivity contribution in [2.75, 3.05) is 33.8 Å². The van der Waals surface area contributed by atoms with Gasteiger partial charge in [0.15, 0.2) is 0 Å². The van der Waals surface area contributed by atoms with Crippen molar-refractivity contribution in [1.82, 2.24) is 0 Å². The lowest BCUT2D eigenvalue weighted by atomic mass is 10.1. The molecule has 0 aromatic heterocycles. The third-order valence-corrected chi connectivity index (χ3v) is 5.01. The van der Waals surface area contributed by atoms with Crippen molar-refractivity contribution in [3.05, 3.63) is 82.9 Å². The van der Waals surface area contributed by atoms with Crippen LogP contribution >= 0.6 is 0 Å². The highest BCUT2D eigenvalue weighted by atomic mass is 16.5. The maximum atomic E-state index is 13.0. The molecule has 0 fully saturated rings. The Balaban J connectivity index is 1.84. The summed E-state index contributed by atoms with van der Waals surface area (Å²) < 4.78 is 25.9.